The van der Waals surface area contributed by atoms with Crippen molar-refractivity contribution in [2.24, 2.45) is 0 Å². The van der Waals surface area contributed by atoms with Crippen LogP contribution in [0.2, 0.25) is 0 Å². The van der Waals surface area contributed by atoms with Gasteiger partial charge in [-0.3, -0.25) is 4.79 Å². The van der Waals surface area contributed by atoms with Gasteiger partial charge < -0.3 is 4.90 Å². The smallest absolute Gasteiger partial charge is 0.233 e. The Labute approximate surface area is 187 Å². The second-order valence-corrected chi connectivity index (χ2v) is 11.3. The number of para-hydroxylation sites is 1. The molecule has 1 aromatic heterocycles. The van der Waals surface area contributed by atoms with Crippen LogP contribution in [0.4, 0.5) is 0 Å². The number of aromatic nitrogens is 1. The number of carbonyl (C=O) groups excluding carboxylic acids is 1. The number of fused-ring (bicyclic) bond motifs is 1. The molecule has 2 aromatic carbocycles. The molecule has 0 N–H and O–H groups in total. The fourth-order valence-corrected chi connectivity index (χ4v) is 6.63. The molecule has 0 radical (unpaired) electrons. The first-order chi connectivity index (χ1) is 14.8. The molecule has 0 saturated carbocycles. The lowest BCUT2D eigenvalue weighted by Crippen LogP contribution is -2.41. The average molecular weight is 455 g/mol. The van der Waals surface area contributed by atoms with E-state index in [9.17, 15) is 13.2 Å². The molecule has 0 unspecified atom stereocenters. The van der Waals surface area contributed by atoms with Gasteiger partial charge in [0.25, 0.3) is 0 Å². The van der Waals surface area contributed by atoms with Gasteiger partial charge in [-0.25, -0.2) is 13.4 Å². The summed E-state index contributed by atoms with van der Waals surface area (Å²) in [6.07, 6.45) is 0.498. The SMILES string of the molecule is Cc1cc(SCC(=O)N(Cc2ccccc2)[C@H]2CCS(=O)(=O)C2)nc2c(C)cccc12. The summed E-state index contributed by atoms with van der Waals surface area (Å²) in [5.74, 6) is 0.365. The van der Waals surface area contributed by atoms with Crippen molar-refractivity contribution in [3.63, 3.8) is 0 Å². The van der Waals surface area contributed by atoms with Crippen LogP contribution < -0.4 is 0 Å². The summed E-state index contributed by atoms with van der Waals surface area (Å²) < 4.78 is 24.1. The van der Waals surface area contributed by atoms with Crippen molar-refractivity contribution in [3.8, 4) is 0 Å². The van der Waals surface area contributed by atoms with E-state index in [2.05, 4.69) is 13.0 Å². The number of nitrogens with zero attached hydrogens (tertiary/aromatic N) is 2. The average Bonchev–Trinajstić information content (AvgIpc) is 3.11. The number of rotatable bonds is 6. The van der Waals surface area contributed by atoms with Crippen LogP contribution in [0.15, 0.2) is 59.6 Å². The van der Waals surface area contributed by atoms with E-state index < -0.39 is 9.84 Å². The highest BCUT2D eigenvalue weighted by Crippen LogP contribution is 2.27. The summed E-state index contributed by atoms with van der Waals surface area (Å²) >= 11 is 1.41. The number of benzene rings is 2. The van der Waals surface area contributed by atoms with Crippen LogP contribution in [-0.2, 0) is 21.2 Å². The first kappa shape index (κ1) is 21.8. The Kier molecular flexibility index (Phi) is 6.34. The van der Waals surface area contributed by atoms with E-state index in [0.717, 1.165) is 32.6 Å². The highest BCUT2D eigenvalue weighted by atomic mass is 32.2. The van der Waals surface area contributed by atoms with Crippen LogP contribution in [0, 0.1) is 13.8 Å². The molecule has 1 aliphatic heterocycles. The Morgan fingerprint density at radius 3 is 2.58 bits per heavy atom. The summed E-state index contributed by atoms with van der Waals surface area (Å²) in [6.45, 7) is 4.51. The van der Waals surface area contributed by atoms with Crippen molar-refractivity contribution in [2.75, 3.05) is 17.3 Å². The van der Waals surface area contributed by atoms with Gasteiger partial charge in [0.2, 0.25) is 5.91 Å². The summed E-state index contributed by atoms with van der Waals surface area (Å²) in [6, 6.07) is 17.6. The quantitative estimate of drug-likeness (QED) is 0.523. The van der Waals surface area contributed by atoms with Crippen molar-refractivity contribution in [1.29, 1.82) is 0 Å². The van der Waals surface area contributed by atoms with Crippen molar-refractivity contribution < 1.29 is 13.2 Å². The minimum atomic E-state index is -3.08. The first-order valence-corrected chi connectivity index (χ1v) is 13.2. The molecule has 4 rings (SSSR count). The molecule has 1 fully saturated rings. The van der Waals surface area contributed by atoms with E-state index in [1.807, 2.05) is 55.5 Å². The van der Waals surface area contributed by atoms with E-state index in [4.69, 9.17) is 4.98 Å². The van der Waals surface area contributed by atoms with Crippen LogP contribution in [0.1, 0.15) is 23.1 Å². The molecule has 162 valence electrons. The molecule has 3 aromatic rings. The third-order valence-corrected chi connectivity index (χ3v) is 8.38. The summed E-state index contributed by atoms with van der Waals surface area (Å²) in [5.41, 5.74) is 4.20. The van der Waals surface area contributed by atoms with Crippen LogP contribution in [0.3, 0.4) is 0 Å². The van der Waals surface area contributed by atoms with Crippen LogP contribution >= 0.6 is 11.8 Å². The maximum absolute atomic E-state index is 13.2. The van der Waals surface area contributed by atoms with E-state index >= 15 is 0 Å². The largest absolute Gasteiger partial charge is 0.334 e. The predicted molar refractivity (Wildman–Crippen MR) is 126 cm³/mol. The standard InChI is InChI=1S/C24H26N2O3S2/c1-17-7-6-10-21-18(2)13-22(25-24(17)21)30-15-23(27)26(14-19-8-4-3-5-9-19)20-11-12-31(28,29)16-20/h3-10,13,20H,11-12,14-16H2,1-2H3/t20-/m0/s1. The molecule has 2 heterocycles. The van der Waals surface area contributed by atoms with E-state index in [1.165, 1.54) is 11.8 Å². The van der Waals surface area contributed by atoms with E-state index in [1.54, 1.807) is 4.90 Å². The second kappa shape index (κ2) is 9.01. The molecule has 1 atom stereocenters. The number of hydrogen-bond donors (Lipinski definition) is 0. The highest BCUT2D eigenvalue weighted by molar-refractivity contribution is 7.99. The first-order valence-electron chi connectivity index (χ1n) is 10.4. The van der Waals surface area contributed by atoms with Gasteiger partial charge in [0.05, 0.1) is 27.8 Å². The van der Waals surface area contributed by atoms with Crippen LogP contribution in [0.5, 0.6) is 0 Å². The van der Waals surface area contributed by atoms with Gasteiger partial charge in [-0.05, 0) is 43.0 Å². The minimum absolute atomic E-state index is 0.0444. The van der Waals surface area contributed by atoms with Crippen molar-refractivity contribution in [2.45, 2.75) is 37.9 Å². The molecule has 0 spiro atoms. The number of thioether (sulfide) groups is 1. The minimum Gasteiger partial charge on any atom is -0.334 e. The number of carbonyl (C=O) groups is 1. The number of sulfone groups is 1. The van der Waals surface area contributed by atoms with Crippen molar-refractivity contribution >= 4 is 38.4 Å². The number of hydrogen-bond acceptors (Lipinski definition) is 5. The zero-order chi connectivity index (χ0) is 22.0. The highest BCUT2D eigenvalue weighted by Gasteiger charge is 2.34. The van der Waals surface area contributed by atoms with Gasteiger partial charge >= 0.3 is 0 Å². The summed E-state index contributed by atoms with van der Waals surface area (Å²) in [5, 5.41) is 1.93. The predicted octanol–water partition coefficient (Wildman–Crippen LogP) is 4.16. The van der Waals surface area contributed by atoms with Gasteiger partial charge in [0, 0.05) is 18.0 Å². The molecule has 1 saturated heterocycles. The fourth-order valence-electron chi connectivity index (χ4n) is 4.05. The number of aryl methyl sites for hydroxylation is 2. The lowest BCUT2D eigenvalue weighted by molar-refractivity contribution is -0.130. The fraction of sp³-hybridized carbons (Fsp3) is 0.333. The lowest BCUT2D eigenvalue weighted by atomic mass is 10.1. The molecule has 5 nitrogen and oxygen atoms in total. The normalized spacial score (nSPS) is 17.7. The Morgan fingerprint density at radius 2 is 1.87 bits per heavy atom. The molecule has 1 amide bonds. The third kappa shape index (κ3) is 5.10. The Balaban J connectivity index is 1.53. The van der Waals surface area contributed by atoms with Gasteiger partial charge in [-0.1, -0.05) is 60.3 Å². The zero-order valence-corrected chi connectivity index (χ0v) is 19.4. The van der Waals surface area contributed by atoms with Crippen molar-refractivity contribution in [1.82, 2.24) is 9.88 Å². The topological polar surface area (TPSA) is 67.3 Å². The van der Waals surface area contributed by atoms with Gasteiger partial charge in [0.15, 0.2) is 9.84 Å². The van der Waals surface area contributed by atoms with E-state index in [-0.39, 0.29) is 29.2 Å². The Hall–Kier alpha value is -2.38. The molecule has 0 bridgehead atoms. The van der Waals surface area contributed by atoms with E-state index in [0.29, 0.717) is 13.0 Å². The molecule has 0 aliphatic carbocycles. The lowest BCUT2D eigenvalue weighted by Gasteiger charge is -2.28. The zero-order valence-electron chi connectivity index (χ0n) is 17.7. The Bertz CT molecular complexity index is 1210. The van der Waals surface area contributed by atoms with Gasteiger partial charge in [-0.15, -0.1) is 0 Å². The number of pyridine rings is 1. The van der Waals surface area contributed by atoms with Gasteiger partial charge in [0.1, 0.15) is 0 Å². The molecule has 31 heavy (non-hydrogen) atoms. The number of amides is 1. The Morgan fingerprint density at radius 1 is 1.10 bits per heavy atom. The third-order valence-electron chi connectivity index (χ3n) is 5.73. The monoisotopic (exact) mass is 454 g/mol. The van der Waals surface area contributed by atoms with Crippen LogP contribution in [-0.4, -0.2) is 47.5 Å². The maximum Gasteiger partial charge on any atom is 0.233 e. The maximum atomic E-state index is 13.2. The van der Waals surface area contributed by atoms with Crippen molar-refractivity contribution in [3.05, 3.63) is 71.3 Å². The summed E-state index contributed by atoms with van der Waals surface area (Å²) in [4.78, 5) is 19.7. The van der Waals surface area contributed by atoms with Gasteiger partial charge in [-0.2, -0.15) is 0 Å². The molecule has 7 heteroatoms. The second-order valence-electron chi connectivity index (χ2n) is 8.10. The molecular formula is C24H26N2O3S2. The molecular weight excluding hydrogens is 428 g/mol. The molecule has 1 aliphatic rings. The van der Waals surface area contributed by atoms with Crippen LogP contribution in [0.25, 0.3) is 10.9 Å². The summed E-state index contributed by atoms with van der Waals surface area (Å²) in [7, 11) is -3.08.